The Bertz CT molecular complexity index is 627. The Morgan fingerprint density at radius 3 is 2.81 bits per heavy atom. The van der Waals surface area contributed by atoms with Crippen LogP contribution in [0.3, 0.4) is 0 Å². The number of nitrogens with one attached hydrogen (secondary N) is 1. The lowest BCUT2D eigenvalue weighted by molar-refractivity contribution is 0.0880. The van der Waals surface area contributed by atoms with Gasteiger partial charge < -0.3 is 15.2 Å². The van der Waals surface area contributed by atoms with Crippen LogP contribution in [0.5, 0.6) is 0 Å². The fourth-order valence-electron chi connectivity index (χ4n) is 2.16. The molecule has 1 atom stereocenters. The van der Waals surface area contributed by atoms with E-state index in [-0.39, 0.29) is 18.6 Å². The predicted octanol–water partition coefficient (Wildman–Crippen LogP) is 2.02. The summed E-state index contributed by atoms with van der Waals surface area (Å²) in [5.74, 6) is -0.258. The van der Waals surface area contributed by atoms with Crippen molar-refractivity contribution < 1.29 is 14.6 Å². The number of aromatic nitrogens is 1. The average Bonchev–Trinajstić information content (AvgIpc) is 2.48. The Hall–Kier alpha value is -1.69. The first kappa shape index (κ1) is 15.7. The third-order valence-corrected chi connectivity index (χ3v) is 3.47. The van der Waals surface area contributed by atoms with E-state index in [1.54, 1.807) is 7.11 Å². The fraction of sp³-hybridized carbons (Fsp3) is 0.333. The molecule has 0 bridgehead atoms. The largest absolute Gasteiger partial charge is 0.396 e. The van der Waals surface area contributed by atoms with Gasteiger partial charge in [-0.05, 0) is 11.8 Å². The highest BCUT2D eigenvalue weighted by atomic mass is 35.5. The second-order valence-corrected chi connectivity index (χ2v) is 5.00. The quantitative estimate of drug-likeness (QED) is 0.801. The molecule has 0 aliphatic rings. The van der Waals surface area contributed by atoms with Crippen LogP contribution in [-0.4, -0.2) is 42.4 Å². The number of rotatable bonds is 6. The maximum Gasteiger partial charge on any atom is 0.253 e. The smallest absolute Gasteiger partial charge is 0.253 e. The Morgan fingerprint density at radius 2 is 2.14 bits per heavy atom. The fourth-order valence-corrected chi connectivity index (χ4v) is 2.37. The first-order chi connectivity index (χ1) is 10.2. The molecule has 112 valence electrons. The number of halogens is 1. The molecule has 6 heteroatoms. The van der Waals surface area contributed by atoms with Crippen molar-refractivity contribution in [1.82, 2.24) is 10.3 Å². The van der Waals surface area contributed by atoms with Crippen LogP contribution in [-0.2, 0) is 4.74 Å². The van der Waals surface area contributed by atoms with E-state index >= 15 is 0 Å². The number of hydrogen-bond donors (Lipinski definition) is 2. The van der Waals surface area contributed by atoms with Crippen molar-refractivity contribution in [2.24, 2.45) is 0 Å². The number of aliphatic hydroxyl groups excluding tert-OH is 1. The first-order valence-electron chi connectivity index (χ1n) is 6.61. The predicted molar refractivity (Wildman–Crippen MR) is 81.6 cm³/mol. The molecule has 1 aromatic carbocycles. The van der Waals surface area contributed by atoms with Crippen molar-refractivity contribution in [3.05, 3.63) is 41.2 Å². The van der Waals surface area contributed by atoms with Crippen LogP contribution in [0.15, 0.2) is 30.5 Å². The second kappa shape index (κ2) is 7.36. The Kier molecular flexibility index (Phi) is 5.50. The van der Waals surface area contributed by atoms with Crippen molar-refractivity contribution in [2.75, 3.05) is 20.3 Å². The molecule has 0 saturated heterocycles. The van der Waals surface area contributed by atoms with E-state index in [2.05, 4.69) is 10.3 Å². The minimum Gasteiger partial charge on any atom is -0.396 e. The summed E-state index contributed by atoms with van der Waals surface area (Å²) in [6, 6.07) is 7.09. The van der Waals surface area contributed by atoms with Gasteiger partial charge in [-0.25, -0.2) is 4.98 Å². The molecule has 1 heterocycles. The highest BCUT2D eigenvalue weighted by Crippen LogP contribution is 2.24. The molecule has 0 aliphatic carbocycles. The normalized spacial score (nSPS) is 12.3. The molecule has 0 saturated carbocycles. The standard InChI is InChI=1S/C15H17ClN2O3/c1-21-9-10(6-7-19)18-15(20)13-8-17-14(16)12-5-3-2-4-11(12)13/h2-5,8,10,19H,6-7,9H2,1H3,(H,18,20). The SMILES string of the molecule is COCC(CCO)NC(=O)c1cnc(Cl)c2ccccc12. The van der Waals surface area contributed by atoms with E-state index in [4.69, 9.17) is 21.4 Å². The van der Waals surface area contributed by atoms with Crippen molar-refractivity contribution >= 4 is 28.3 Å². The summed E-state index contributed by atoms with van der Waals surface area (Å²) in [6.07, 6.45) is 1.89. The van der Waals surface area contributed by atoms with Gasteiger partial charge in [0.25, 0.3) is 5.91 Å². The zero-order valence-corrected chi connectivity index (χ0v) is 12.4. The van der Waals surface area contributed by atoms with Gasteiger partial charge in [0.1, 0.15) is 5.15 Å². The van der Waals surface area contributed by atoms with Gasteiger partial charge in [0.15, 0.2) is 0 Å². The molecule has 5 nitrogen and oxygen atoms in total. The van der Waals surface area contributed by atoms with Crippen molar-refractivity contribution in [2.45, 2.75) is 12.5 Å². The van der Waals surface area contributed by atoms with Gasteiger partial charge in [-0.1, -0.05) is 35.9 Å². The monoisotopic (exact) mass is 308 g/mol. The lowest BCUT2D eigenvalue weighted by Crippen LogP contribution is -2.38. The molecular formula is C15H17ClN2O3. The molecule has 0 fully saturated rings. The maximum atomic E-state index is 12.4. The number of hydrogen-bond acceptors (Lipinski definition) is 4. The van der Waals surface area contributed by atoms with Gasteiger partial charge >= 0.3 is 0 Å². The molecule has 2 rings (SSSR count). The van der Waals surface area contributed by atoms with Gasteiger partial charge in [-0.2, -0.15) is 0 Å². The Labute approximate surface area is 127 Å². The van der Waals surface area contributed by atoms with Gasteiger partial charge in [0.2, 0.25) is 0 Å². The Morgan fingerprint density at radius 1 is 1.43 bits per heavy atom. The number of nitrogens with zero attached hydrogens (tertiary/aromatic N) is 1. The van der Waals surface area contributed by atoms with Crippen molar-refractivity contribution in [3.63, 3.8) is 0 Å². The van der Waals surface area contributed by atoms with Gasteiger partial charge in [0, 0.05) is 25.3 Å². The van der Waals surface area contributed by atoms with Crippen LogP contribution in [0.1, 0.15) is 16.8 Å². The lowest BCUT2D eigenvalue weighted by atomic mass is 10.1. The number of aliphatic hydroxyl groups is 1. The van der Waals surface area contributed by atoms with Crippen molar-refractivity contribution in [3.8, 4) is 0 Å². The lowest BCUT2D eigenvalue weighted by Gasteiger charge is -2.17. The van der Waals surface area contributed by atoms with Crippen LogP contribution in [0, 0.1) is 0 Å². The van der Waals surface area contributed by atoms with Gasteiger partial charge in [-0.15, -0.1) is 0 Å². The van der Waals surface area contributed by atoms with E-state index < -0.39 is 0 Å². The molecule has 0 spiro atoms. The number of amides is 1. The number of fused-ring (bicyclic) bond motifs is 1. The molecule has 0 aliphatic heterocycles. The number of ether oxygens (including phenoxy) is 1. The molecule has 0 radical (unpaired) electrons. The summed E-state index contributed by atoms with van der Waals surface area (Å²) in [6.45, 7) is 0.319. The molecule has 2 N–H and O–H groups in total. The number of carbonyl (C=O) groups is 1. The molecule has 1 unspecified atom stereocenters. The number of carbonyl (C=O) groups excluding carboxylic acids is 1. The minimum atomic E-state index is -0.258. The summed E-state index contributed by atoms with van der Waals surface area (Å²) in [7, 11) is 1.55. The van der Waals surface area contributed by atoms with E-state index in [0.717, 1.165) is 10.8 Å². The van der Waals surface area contributed by atoms with Crippen LogP contribution in [0.25, 0.3) is 10.8 Å². The third-order valence-electron chi connectivity index (χ3n) is 3.17. The maximum absolute atomic E-state index is 12.4. The van der Waals surface area contributed by atoms with Crippen LogP contribution >= 0.6 is 11.6 Å². The first-order valence-corrected chi connectivity index (χ1v) is 6.99. The summed E-state index contributed by atoms with van der Waals surface area (Å²) < 4.78 is 5.04. The summed E-state index contributed by atoms with van der Waals surface area (Å²) in [4.78, 5) is 16.5. The highest BCUT2D eigenvalue weighted by molar-refractivity contribution is 6.34. The van der Waals surface area contributed by atoms with Crippen LogP contribution in [0.4, 0.5) is 0 Å². The van der Waals surface area contributed by atoms with E-state index in [1.165, 1.54) is 6.20 Å². The van der Waals surface area contributed by atoms with Crippen molar-refractivity contribution in [1.29, 1.82) is 0 Å². The third kappa shape index (κ3) is 3.69. The molecular weight excluding hydrogens is 292 g/mol. The topological polar surface area (TPSA) is 71.5 Å². The Balaban J connectivity index is 2.29. The average molecular weight is 309 g/mol. The zero-order valence-electron chi connectivity index (χ0n) is 11.7. The van der Waals surface area contributed by atoms with Crippen LogP contribution < -0.4 is 5.32 Å². The molecule has 1 aromatic heterocycles. The molecule has 21 heavy (non-hydrogen) atoms. The van der Waals surface area contributed by atoms with E-state index in [9.17, 15) is 4.79 Å². The zero-order chi connectivity index (χ0) is 15.2. The van der Waals surface area contributed by atoms with Gasteiger partial charge in [-0.3, -0.25) is 4.79 Å². The summed E-state index contributed by atoms with van der Waals surface area (Å²) >= 11 is 6.04. The number of pyridine rings is 1. The highest BCUT2D eigenvalue weighted by Gasteiger charge is 2.16. The second-order valence-electron chi connectivity index (χ2n) is 4.65. The van der Waals surface area contributed by atoms with E-state index in [0.29, 0.717) is 23.7 Å². The minimum absolute atomic E-state index is 0.0199. The van der Waals surface area contributed by atoms with Gasteiger partial charge in [0.05, 0.1) is 18.2 Å². The van der Waals surface area contributed by atoms with E-state index in [1.807, 2.05) is 24.3 Å². The molecule has 2 aromatic rings. The molecule has 1 amide bonds. The summed E-state index contributed by atoms with van der Waals surface area (Å²) in [5.41, 5.74) is 0.453. The number of methoxy groups -OCH3 is 1. The number of benzene rings is 1. The van der Waals surface area contributed by atoms with Crippen LogP contribution in [0.2, 0.25) is 5.15 Å². The summed E-state index contributed by atoms with van der Waals surface area (Å²) in [5, 5.41) is 13.7.